The molecular weight excluding hydrogens is 1260 g/mol. The molecule has 0 aliphatic rings. The first kappa shape index (κ1) is 94.1. The molecule has 19 heteroatoms. The summed E-state index contributed by atoms with van der Waals surface area (Å²) in [7, 11) is -9.91. The molecule has 6 atom stereocenters. The minimum atomic E-state index is -4.96. The van der Waals surface area contributed by atoms with Crippen LogP contribution < -0.4 is 0 Å². The van der Waals surface area contributed by atoms with Crippen LogP contribution in [0.3, 0.4) is 0 Å². The number of rotatable bonds is 75. The summed E-state index contributed by atoms with van der Waals surface area (Å²) in [5.74, 6) is 0.254. The van der Waals surface area contributed by atoms with E-state index >= 15 is 0 Å². The predicted octanol–water partition coefficient (Wildman–Crippen LogP) is 22.6. The molecule has 0 radical (unpaired) electrons. The van der Waals surface area contributed by atoms with Crippen LogP contribution >= 0.6 is 15.6 Å². The molecule has 0 saturated heterocycles. The minimum absolute atomic E-state index is 0.106. The Morgan fingerprint density at radius 3 is 0.792 bits per heavy atom. The van der Waals surface area contributed by atoms with Gasteiger partial charge in [0.05, 0.1) is 26.4 Å². The Morgan fingerprint density at radius 2 is 0.531 bits per heavy atom. The number of esters is 4. The van der Waals surface area contributed by atoms with Gasteiger partial charge in [0.25, 0.3) is 0 Å². The quantitative estimate of drug-likeness (QED) is 0.0222. The van der Waals surface area contributed by atoms with Crippen LogP contribution in [0.2, 0.25) is 0 Å². The molecule has 96 heavy (non-hydrogen) atoms. The lowest BCUT2D eigenvalue weighted by atomic mass is 9.99. The number of ether oxygens (including phenoxy) is 4. The fraction of sp³-hybridized carbons (Fsp3) is 0.948. The van der Waals surface area contributed by atoms with Gasteiger partial charge in [0.1, 0.15) is 19.3 Å². The molecule has 0 rings (SSSR count). The van der Waals surface area contributed by atoms with Crippen molar-refractivity contribution in [2.45, 2.75) is 414 Å². The van der Waals surface area contributed by atoms with E-state index in [4.69, 9.17) is 37.0 Å². The van der Waals surface area contributed by atoms with Gasteiger partial charge in [-0.2, -0.15) is 0 Å². The second-order valence-corrected chi connectivity index (χ2v) is 31.8. The summed E-state index contributed by atoms with van der Waals surface area (Å²) in [6.07, 6.45) is 53.9. The van der Waals surface area contributed by atoms with Crippen LogP contribution in [0.25, 0.3) is 0 Å². The monoisotopic (exact) mass is 1410 g/mol. The molecule has 0 heterocycles. The fourth-order valence-electron chi connectivity index (χ4n) is 11.7. The zero-order valence-electron chi connectivity index (χ0n) is 62.8. The molecule has 0 aromatic heterocycles. The summed E-state index contributed by atoms with van der Waals surface area (Å²) in [5, 5.41) is 10.6. The van der Waals surface area contributed by atoms with Crippen LogP contribution in [-0.4, -0.2) is 96.7 Å². The van der Waals surface area contributed by atoms with Crippen LogP contribution in [0.4, 0.5) is 0 Å². The standard InChI is InChI=1S/C77H150O17P2/c1-8-10-11-12-13-14-20-30-37-44-51-58-74(79)87-64-73(94-77(82)61-54-47-40-33-26-25-28-35-42-49-56-69(5)6)67-92-96(85,86)90-63-71(78)62-89-95(83,84)91-66-72(65-88-75(80)59-52-45-38-31-24-19-21-27-34-41-48-55-68(3)4)93-76(81)60-53-46-39-32-23-18-16-15-17-22-29-36-43-50-57-70(7)9-2/h68-73,78H,8-67H2,1-7H3,(H,83,84)(H,85,86)/t70?,71-,72-,73-/m1/s1. The number of carbonyl (C=O) groups is 4. The van der Waals surface area contributed by atoms with Gasteiger partial charge in [0.15, 0.2) is 12.2 Å². The highest BCUT2D eigenvalue weighted by molar-refractivity contribution is 7.47. The van der Waals surface area contributed by atoms with Crippen molar-refractivity contribution >= 4 is 39.5 Å². The van der Waals surface area contributed by atoms with Crippen molar-refractivity contribution < 1.29 is 80.2 Å². The average molecular weight is 1410 g/mol. The van der Waals surface area contributed by atoms with E-state index in [9.17, 15) is 43.2 Å². The summed E-state index contributed by atoms with van der Waals surface area (Å²) in [5.41, 5.74) is 0. The van der Waals surface area contributed by atoms with Gasteiger partial charge >= 0.3 is 39.5 Å². The molecule has 0 aliphatic carbocycles. The molecule has 17 nitrogen and oxygen atoms in total. The van der Waals surface area contributed by atoms with Gasteiger partial charge < -0.3 is 33.8 Å². The maximum atomic E-state index is 13.1. The molecule has 3 unspecified atom stereocenters. The van der Waals surface area contributed by atoms with Crippen molar-refractivity contribution in [1.29, 1.82) is 0 Å². The van der Waals surface area contributed by atoms with Crippen LogP contribution in [0.15, 0.2) is 0 Å². The second-order valence-electron chi connectivity index (χ2n) is 28.9. The molecular formula is C77H150O17P2. The topological polar surface area (TPSA) is 237 Å². The number of phosphoric ester groups is 2. The average Bonchev–Trinajstić information content (AvgIpc) is 2.72. The normalized spacial score (nSPS) is 14.3. The van der Waals surface area contributed by atoms with E-state index in [1.54, 1.807) is 0 Å². The largest absolute Gasteiger partial charge is 0.472 e. The van der Waals surface area contributed by atoms with Crippen molar-refractivity contribution in [1.82, 2.24) is 0 Å². The van der Waals surface area contributed by atoms with Crippen molar-refractivity contribution in [3.05, 3.63) is 0 Å². The van der Waals surface area contributed by atoms with Gasteiger partial charge in [-0.15, -0.1) is 0 Å². The van der Waals surface area contributed by atoms with Gasteiger partial charge in [-0.3, -0.25) is 37.3 Å². The number of hydrogen-bond acceptors (Lipinski definition) is 15. The highest BCUT2D eigenvalue weighted by Crippen LogP contribution is 2.45. The van der Waals surface area contributed by atoms with E-state index in [-0.39, 0.29) is 25.7 Å². The molecule has 0 bridgehead atoms. The highest BCUT2D eigenvalue weighted by Gasteiger charge is 2.30. The highest BCUT2D eigenvalue weighted by atomic mass is 31.2. The Kier molecular flexibility index (Phi) is 66.2. The number of hydrogen-bond donors (Lipinski definition) is 3. The number of aliphatic hydroxyl groups excluding tert-OH is 1. The Balaban J connectivity index is 5.26. The number of aliphatic hydroxyl groups is 1. The van der Waals surface area contributed by atoms with Crippen LogP contribution in [0.5, 0.6) is 0 Å². The number of phosphoric acid groups is 2. The van der Waals surface area contributed by atoms with E-state index in [1.165, 1.54) is 205 Å². The van der Waals surface area contributed by atoms with E-state index in [0.29, 0.717) is 25.7 Å². The Bertz CT molecular complexity index is 1870. The van der Waals surface area contributed by atoms with Gasteiger partial charge in [0.2, 0.25) is 0 Å². The Morgan fingerprint density at radius 1 is 0.302 bits per heavy atom. The van der Waals surface area contributed by atoms with Crippen molar-refractivity contribution in [3.8, 4) is 0 Å². The minimum Gasteiger partial charge on any atom is -0.462 e. The third-order valence-corrected chi connectivity index (χ3v) is 20.1. The third-order valence-electron chi connectivity index (χ3n) is 18.2. The number of carbonyl (C=O) groups excluding carboxylic acids is 4. The lowest BCUT2D eigenvalue weighted by Crippen LogP contribution is -2.30. The summed E-state index contributed by atoms with van der Waals surface area (Å²) in [6, 6.07) is 0. The first-order valence-corrected chi connectivity index (χ1v) is 42.9. The zero-order valence-corrected chi connectivity index (χ0v) is 64.6. The smallest absolute Gasteiger partial charge is 0.462 e. The first-order chi connectivity index (χ1) is 46.3. The van der Waals surface area contributed by atoms with Crippen LogP contribution in [0.1, 0.15) is 395 Å². The van der Waals surface area contributed by atoms with Crippen molar-refractivity contribution in [2.24, 2.45) is 17.8 Å². The van der Waals surface area contributed by atoms with Gasteiger partial charge in [-0.05, 0) is 43.4 Å². The fourth-order valence-corrected chi connectivity index (χ4v) is 13.3. The Labute approximate surface area is 588 Å². The summed E-state index contributed by atoms with van der Waals surface area (Å²) < 4.78 is 68.6. The molecule has 0 aromatic rings. The number of unbranched alkanes of at least 4 members (excludes halogenated alkanes) is 42. The molecule has 0 amide bonds. The maximum Gasteiger partial charge on any atom is 0.472 e. The SMILES string of the molecule is CCCCCCCCCCCCCC(=O)OC[C@H](COP(=O)(O)OC[C@H](O)COP(=O)(O)OC[C@@H](COC(=O)CCCCCCCCCCCCCC(C)C)OC(=O)CCCCCCCCCCCCCCCCC(C)CC)OC(=O)CCCCCCCCCCCCC(C)C. The van der Waals surface area contributed by atoms with Gasteiger partial charge in [-0.25, -0.2) is 9.13 Å². The van der Waals surface area contributed by atoms with Gasteiger partial charge in [-0.1, -0.05) is 344 Å². The zero-order chi connectivity index (χ0) is 70.9. The third kappa shape index (κ3) is 69.2. The van der Waals surface area contributed by atoms with E-state index in [0.717, 1.165) is 108 Å². The molecule has 3 N–H and O–H groups in total. The van der Waals surface area contributed by atoms with Crippen LogP contribution in [0, 0.1) is 17.8 Å². The van der Waals surface area contributed by atoms with Crippen molar-refractivity contribution in [2.75, 3.05) is 39.6 Å². The molecule has 570 valence electrons. The second kappa shape index (κ2) is 67.5. The van der Waals surface area contributed by atoms with Crippen LogP contribution in [-0.2, 0) is 65.4 Å². The molecule has 0 spiro atoms. The first-order valence-electron chi connectivity index (χ1n) is 39.9. The summed E-state index contributed by atoms with van der Waals surface area (Å²) in [4.78, 5) is 72.9. The summed E-state index contributed by atoms with van der Waals surface area (Å²) in [6.45, 7) is 12.0. The van der Waals surface area contributed by atoms with E-state index < -0.39 is 97.5 Å². The maximum absolute atomic E-state index is 13.1. The molecule has 0 aliphatic heterocycles. The summed E-state index contributed by atoms with van der Waals surface area (Å²) >= 11 is 0. The Hall–Kier alpha value is -1.94. The molecule has 0 aromatic carbocycles. The molecule has 0 saturated carbocycles. The lowest BCUT2D eigenvalue weighted by Gasteiger charge is -2.21. The predicted molar refractivity (Wildman–Crippen MR) is 391 cm³/mol. The lowest BCUT2D eigenvalue weighted by molar-refractivity contribution is -0.161. The van der Waals surface area contributed by atoms with E-state index in [1.807, 2.05) is 0 Å². The molecule has 0 fully saturated rings. The van der Waals surface area contributed by atoms with Crippen molar-refractivity contribution in [3.63, 3.8) is 0 Å². The van der Waals surface area contributed by atoms with Gasteiger partial charge in [0, 0.05) is 25.7 Å². The van der Waals surface area contributed by atoms with E-state index in [2.05, 4.69) is 48.5 Å².